The van der Waals surface area contributed by atoms with Crippen molar-refractivity contribution in [3.8, 4) is 11.3 Å². The van der Waals surface area contributed by atoms with Crippen molar-refractivity contribution in [3.63, 3.8) is 0 Å². The summed E-state index contributed by atoms with van der Waals surface area (Å²) in [5.74, 6) is 0.994. The van der Waals surface area contributed by atoms with Crippen LogP contribution in [-0.2, 0) is 24.4 Å². The molecule has 5 nitrogen and oxygen atoms in total. The van der Waals surface area contributed by atoms with Crippen LogP contribution in [0.3, 0.4) is 0 Å². The van der Waals surface area contributed by atoms with Crippen molar-refractivity contribution in [1.29, 1.82) is 0 Å². The summed E-state index contributed by atoms with van der Waals surface area (Å²) in [5, 5.41) is 4.69. The number of imidazole rings is 1. The van der Waals surface area contributed by atoms with E-state index in [1.54, 1.807) is 0 Å². The molecule has 4 aromatic rings. The van der Waals surface area contributed by atoms with Crippen molar-refractivity contribution in [2.45, 2.75) is 25.8 Å². The SMILES string of the molecule is c1ccc(-c2cnc3n2C[C@H](CNCc2cnc4ccccc4c2)OC3)cc1. The standard InChI is InChI=1S/C23H22N4O/c1-2-6-18(7-3-1)22-14-26-23-16-28-20(15-27(22)23)13-24-11-17-10-19-8-4-5-9-21(19)25-12-17/h1-10,12,14,20,24H,11,13,15-16H2/t20-/m0/s1. The maximum Gasteiger partial charge on any atom is 0.135 e. The minimum atomic E-state index is 0.123. The topological polar surface area (TPSA) is 52.0 Å². The van der Waals surface area contributed by atoms with Crippen molar-refractivity contribution in [2.24, 2.45) is 0 Å². The molecule has 3 heterocycles. The number of nitrogens with zero attached hydrogens (tertiary/aromatic N) is 3. The fourth-order valence-electron chi connectivity index (χ4n) is 3.74. The highest BCUT2D eigenvalue weighted by molar-refractivity contribution is 5.78. The molecule has 5 rings (SSSR count). The highest BCUT2D eigenvalue weighted by atomic mass is 16.5. The van der Waals surface area contributed by atoms with E-state index in [9.17, 15) is 0 Å². The smallest absolute Gasteiger partial charge is 0.135 e. The van der Waals surface area contributed by atoms with Crippen LogP contribution in [0.5, 0.6) is 0 Å². The van der Waals surface area contributed by atoms with E-state index in [1.165, 1.54) is 16.5 Å². The van der Waals surface area contributed by atoms with E-state index in [-0.39, 0.29) is 6.10 Å². The van der Waals surface area contributed by atoms with Gasteiger partial charge in [0.15, 0.2) is 0 Å². The molecular formula is C23H22N4O. The number of nitrogens with one attached hydrogen (secondary N) is 1. The molecule has 0 saturated heterocycles. The number of aromatic nitrogens is 3. The van der Waals surface area contributed by atoms with E-state index in [4.69, 9.17) is 4.74 Å². The minimum absolute atomic E-state index is 0.123. The van der Waals surface area contributed by atoms with E-state index in [2.05, 4.69) is 56.3 Å². The number of hydrogen-bond donors (Lipinski definition) is 1. The Morgan fingerprint density at radius 3 is 2.79 bits per heavy atom. The Bertz CT molecular complexity index is 1090. The maximum atomic E-state index is 6.00. The van der Waals surface area contributed by atoms with Gasteiger partial charge in [-0.1, -0.05) is 48.5 Å². The summed E-state index contributed by atoms with van der Waals surface area (Å²) in [5.41, 5.74) is 4.56. The van der Waals surface area contributed by atoms with Gasteiger partial charge in [-0.05, 0) is 23.3 Å². The van der Waals surface area contributed by atoms with Crippen molar-refractivity contribution < 1.29 is 4.74 Å². The highest BCUT2D eigenvalue weighted by Gasteiger charge is 2.22. The van der Waals surface area contributed by atoms with Gasteiger partial charge < -0.3 is 14.6 Å². The van der Waals surface area contributed by atoms with Gasteiger partial charge in [-0.15, -0.1) is 0 Å². The van der Waals surface area contributed by atoms with E-state index in [0.717, 1.165) is 36.7 Å². The fourth-order valence-corrected chi connectivity index (χ4v) is 3.74. The van der Waals surface area contributed by atoms with E-state index >= 15 is 0 Å². The summed E-state index contributed by atoms with van der Waals surface area (Å²) >= 11 is 0. The molecule has 2 aromatic heterocycles. The first-order valence-corrected chi connectivity index (χ1v) is 9.62. The Labute approximate surface area is 164 Å². The molecule has 5 heteroatoms. The number of benzene rings is 2. The van der Waals surface area contributed by atoms with Gasteiger partial charge in [0.2, 0.25) is 0 Å². The molecule has 0 amide bonds. The largest absolute Gasteiger partial charge is 0.367 e. The Morgan fingerprint density at radius 2 is 1.86 bits per heavy atom. The summed E-state index contributed by atoms with van der Waals surface area (Å²) in [6.07, 6.45) is 4.01. The molecule has 0 unspecified atom stereocenters. The van der Waals surface area contributed by atoms with Crippen molar-refractivity contribution in [3.05, 3.63) is 84.4 Å². The second kappa shape index (κ2) is 7.54. The number of hydrogen-bond acceptors (Lipinski definition) is 4. The van der Waals surface area contributed by atoms with E-state index < -0.39 is 0 Å². The third kappa shape index (κ3) is 3.42. The summed E-state index contributed by atoms with van der Waals surface area (Å²) in [6, 6.07) is 20.8. The lowest BCUT2D eigenvalue weighted by atomic mass is 10.1. The minimum Gasteiger partial charge on any atom is -0.367 e. The molecule has 140 valence electrons. The summed E-state index contributed by atoms with van der Waals surface area (Å²) in [7, 11) is 0. The number of pyridine rings is 1. The van der Waals surface area contributed by atoms with Crippen LogP contribution >= 0.6 is 0 Å². The zero-order chi connectivity index (χ0) is 18.8. The molecule has 0 bridgehead atoms. The van der Waals surface area contributed by atoms with Crippen molar-refractivity contribution in [2.75, 3.05) is 6.54 Å². The zero-order valence-corrected chi connectivity index (χ0v) is 15.6. The van der Waals surface area contributed by atoms with Crippen molar-refractivity contribution >= 4 is 10.9 Å². The summed E-state index contributed by atoms with van der Waals surface area (Å²) < 4.78 is 8.28. The lowest BCUT2D eigenvalue weighted by Crippen LogP contribution is -2.36. The lowest BCUT2D eigenvalue weighted by molar-refractivity contribution is 0.00326. The monoisotopic (exact) mass is 370 g/mol. The Hall–Kier alpha value is -3.02. The number of rotatable bonds is 5. The molecule has 1 aliphatic heterocycles. The van der Waals surface area contributed by atoms with Crippen LogP contribution in [0, 0.1) is 0 Å². The average molecular weight is 370 g/mol. The van der Waals surface area contributed by atoms with Crippen LogP contribution in [0.1, 0.15) is 11.4 Å². The van der Waals surface area contributed by atoms with Gasteiger partial charge in [0.25, 0.3) is 0 Å². The van der Waals surface area contributed by atoms with Gasteiger partial charge in [0, 0.05) is 24.7 Å². The van der Waals surface area contributed by atoms with Gasteiger partial charge in [0.05, 0.1) is 30.1 Å². The Morgan fingerprint density at radius 1 is 1.00 bits per heavy atom. The first-order chi connectivity index (χ1) is 13.9. The van der Waals surface area contributed by atoms with Crippen LogP contribution in [0.2, 0.25) is 0 Å². The quantitative estimate of drug-likeness (QED) is 0.581. The first-order valence-electron chi connectivity index (χ1n) is 9.62. The molecule has 0 radical (unpaired) electrons. The Balaban J connectivity index is 1.24. The third-order valence-electron chi connectivity index (χ3n) is 5.19. The maximum absolute atomic E-state index is 6.00. The molecular weight excluding hydrogens is 348 g/mol. The van der Waals surface area contributed by atoms with Crippen LogP contribution in [-0.4, -0.2) is 27.2 Å². The summed E-state index contributed by atoms with van der Waals surface area (Å²) in [6.45, 7) is 2.93. The molecule has 1 aliphatic rings. The first kappa shape index (κ1) is 17.1. The lowest BCUT2D eigenvalue weighted by Gasteiger charge is -2.26. The number of fused-ring (bicyclic) bond motifs is 2. The van der Waals surface area contributed by atoms with Crippen LogP contribution in [0.15, 0.2) is 73.1 Å². The van der Waals surface area contributed by atoms with E-state index in [0.29, 0.717) is 6.61 Å². The van der Waals surface area contributed by atoms with Gasteiger partial charge in [-0.2, -0.15) is 0 Å². The fraction of sp³-hybridized carbons (Fsp3) is 0.217. The summed E-state index contributed by atoms with van der Waals surface area (Å²) in [4.78, 5) is 9.06. The predicted molar refractivity (Wildman–Crippen MR) is 110 cm³/mol. The van der Waals surface area contributed by atoms with Gasteiger partial charge in [-0.3, -0.25) is 4.98 Å². The van der Waals surface area contributed by atoms with Crippen LogP contribution in [0.4, 0.5) is 0 Å². The van der Waals surface area contributed by atoms with Gasteiger partial charge in [0.1, 0.15) is 12.4 Å². The third-order valence-corrected chi connectivity index (χ3v) is 5.19. The molecule has 0 fully saturated rings. The molecule has 0 aliphatic carbocycles. The molecule has 0 saturated carbocycles. The molecule has 2 aromatic carbocycles. The molecule has 28 heavy (non-hydrogen) atoms. The van der Waals surface area contributed by atoms with Crippen molar-refractivity contribution in [1.82, 2.24) is 19.9 Å². The van der Waals surface area contributed by atoms with Gasteiger partial charge >= 0.3 is 0 Å². The molecule has 1 N–H and O–H groups in total. The normalized spacial score (nSPS) is 16.2. The number of ether oxygens (including phenoxy) is 1. The highest BCUT2D eigenvalue weighted by Crippen LogP contribution is 2.24. The molecule has 1 atom stereocenters. The zero-order valence-electron chi connectivity index (χ0n) is 15.6. The van der Waals surface area contributed by atoms with Crippen LogP contribution < -0.4 is 5.32 Å². The number of para-hydroxylation sites is 1. The van der Waals surface area contributed by atoms with Gasteiger partial charge in [-0.25, -0.2) is 4.98 Å². The Kier molecular flexibility index (Phi) is 4.61. The predicted octanol–water partition coefficient (Wildman–Crippen LogP) is 3.79. The van der Waals surface area contributed by atoms with Crippen LogP contribution in [0.25, 0.3) is 22.2 Å². The van der Waals surface area contributed by atoms with E-state index in [1.807, 2.05) is 36.7 Å². The molecule has 0 spiro atoms. The average Bonchev–Trinajstić information content (AvgIpc) is 3.18. The second-order valence-corrected chi connectivity index (χ2v) is 7.14. The second-order valence-electron chi connectivity index (χ2n) is 7.14.